The van der Waals surface area contributed by atoms with E-state index in [1.165, 1.54) is 0 Å². The van der Waals surface area contributed by atoms with Crippen LogP contribution in [0.5, 0.6) is 5.75 Å². The zero-order valence-corrected chi connectivity index (χ0v) is 21.2. The molecule has 1 heterocycles. The molecule has 0 radical (unpaired) electrons. The van der Waals surface area contributed by atoms with Gasteiger partial charge in [-0.05, 0) is 54.1 Å². The fourth-order valence-electron chi connectivity index (χ4n) is 3.49. The van der Waals surface area contributed by atoms with Crippen molar-refractivity contribution in [3.05, 3.63) is 83.7 Å². The molecule has 0 saturated carbocycles. The molecule has 0 N–H and O–H groups in total. The van der Waals surface area contributed by atoms with Gasteiger partial charge in [0.25, 0.3) is 0 Å². The SMILES string of the molecule is COc1ccc(-c2nc(-c3ccc(N=Cc4ccc(N(CCCl)CCCl)cc4)cc3)cs2)cc1. The lowest BCUT2D eigenvalue weighted by molar-refractivity contribution is 0.415. The van der Waals surface area contributed by atoms with E-state index in [2.05, 4.69) is 51.7 Å². The van der Waals surface area contributed by atoms with Crippen LogP contribution < -0.4 is 9.64 Å². The Labute approximate surface area is 214 Å². The lowest BCUT2D eigenvalue weighted by atomic mass is 10.1. The molecule has 0 unspecified atom stereocenters. The molecule has 0 amide bonds. The second kappa shape index (κ2) is 12.0. The summed E-state index contributed by atoms with van der Waals surface area (Å²) in [5, 5.41) is 3.07. The Morgan fingerprint density at radius 3 is 2.15 bits per heavy atom. The minimum Gasteiger partial charge on any atom is -0.497 e. The van der Waals surface area contributed by atoms with Gasteiger partial charge in [-0.3, -0.25) is 4.99 Å². The van der Waals surface area contributed by atoms with E-state index in [0.717, 1.165) is 57.6 Å². The monoisotopic (exact) mass is 509 g/mol. The highest BCUT2D eigenvalue weighted by Gasteiger charge is 2.08. The molecule has 1 aromatic heterocycles. The summed E-state index contributed by atoms with van der Waals surface area (Å²) in [6, 6.07) is 24.3. The van der Waals surface area contributed by atoms with E-state index in [1.54, 1.807) is 18.4 Å². The molecule has 7 heteroatoms. The minimum atomic E-state index is 0.569. The largest absolute Gasteiger partial charge is 0.497 e. The van der Waals surface area contributed by atoms with Gasteiger partial charge in [0.2, 0.25) is 0 Å². The molecule has 4 nitrogen and oxygen atoms in total. The van der Waals surface area contributed by atoms with Crippen molar-refractivity contribution in [2.24, 2.45) is 4.99 Å². The van der Waals surface area contributed by atoms with Crippen molar-refractivity contribution in [2.75, 3.05) is 36.9 Å². The lowest BCUT2D eigenvalue weighted by Crippen LogP contribution is -2.27. The van der Waals surface area contributed by atoms with Crippen LogP contribution in [0.4, 0.5) is 11.4 Å². The first-order valence-corrected chi connectivity index (χ1v) is 12.9. The van der Waals surface area contributed by atoms with Crippen molar-refractivity contribution in [1.29, 1.82) is 0 Å². The predicted octanol–water partition coefficient (Wildman–Crippen LogP) is 7.52. The second-order valence-corrected chi connectivity index (χ2v) is 9.14. The van der Waals surface area contributed by atoms with Gasteiger partial charge in [0.05, 0.1) is 18.5 Å². The van der Waals surface area contributed by atoms with Crippen LogP contribution in [0.3, 0.4) is 0 Å². The topological polar surface area (TPSA) is 37.7 Å². The summed E-state index contributed by atoms with van der Waals surface area (Å²) >= 11 is 13.4. The lowest BCUT2D eigenvalue weighted by Gasteiger charge is -2.22. The normalized spacial score (nSPS) is 11.1. The van der Waals surface area contributed by atoms with Crippen LogP contribution in [0, 0.1) is 0 Å². The van der Waals surface area contributed by atoms with E-state index >= 15 is 0 Å². The average molecular weight is 510 g/mol. The number of anilines is 1. The number of methoxy groups -OCH3 is 1. The minimum absolute atomic E-state index is 0.569. The van der Waals surface area contributed by atoms with Crippen LogP contribution in [0.25, 0.3) is 21.8 Å². The molecule has 0 bridgehead atoms. The van der Waals surface area contributed by atoms with Gasteiger partial charge in [-0.1, -0.05) is 24.3 Å². The van der Waals surface area contributed by atoms with E-state index in [9.17, 15) is 0 Å². The maximum Gasteiger partial charge on any atom is 0.124 e. The molecular weight excluding hydrogens is 485 g/mol. The quantitative estimate of drug-likeness (QED) is 0.164. The molecule has 34 heavy (non-hydrogen) atoms. The number of nitrogens with zero attached hydrogens (tertiary/aromatic N) is 3. The van der Waals surface area contributed by atoms with Gasteiger partial charge in [-0.25, -0.2) is 4.98 Å². The summed E-state index contributed by atoms with van der Waals surface area (Å²) in [4.78, 5) is 11.6. The van der Waals surface area contributed by atoms with Crippen LogP contribution in [0.15, 0.2) is 83.2 Å². The van der Waals surface area contributed by atoms with Crippen molar-refractivity contribution >= 4 is 52.1 Å². The van der Waals surface area contributed by atoms with Gasteiger partial charge in [-0.2, -0.15) is 0 Å². The van der Waals surface area contributed by atoms with Crippen molar-refractivity contribution < 1.29 is 4.74 Å². The van der Waals surface area contributed by atoms with Gasteiger partial charge >= 0.3 is 0 Å². The number of alkyl halides is 2. The first-order chi connectivity index (χ1) is 16.7. The van der Waals surface area contributed by atoms with Crippen LogP contribution in [0.2, 0.25) is 0 Å². The van der Waals surface area contributed by atoms with E-state index in [0.29, 0.717) is 11.8 Å². The number of ether oxygens (including phenoxy) is 1. The maximum absolute atomic E-state index is 5.91. The molecule has 0 saturated heterocycles. The third-order valence-electron chi connectivity index (χ3n) is 5.33. The summed E-state index contributed by atoms with van der Waals surface area (Å²) in [7, 11) is 1.67. The number of aromatic nitrogens is 1. The highest BCUT2D eigenvalue weighted by Crippen LogP contribution is 2.30. The molecule has 0 aliphatic heterocycles. The number of benzene rings is 3. The fraction of sp³-hybridized carbons (Fsp3) is 0.185. The number of rotatable bonds is 10. The second-order valence-electron chi connectivity index (χ2n) is 7.53. The molecule has 4 aromatic rings. The standard InChI is InChI=1S/C27H25Cl2N3OS/c1-33-25-12-6-22(7-13-25)27-31-26(19-34-27)21-4-8-23(9-5-21)30-18-20-2-10-24(11-3-20)32(16-14-28)17-15-29/h2-13,18-19H,14-17H2,1H3. The van der Waals surface area contributed by atoms with E-state index < -0.39 is 0 Å². The zero-order chi connectivity index (χ0) is 23.8. The first kappa shape index (κ1) is 24.3. The smallest absolute Gasteiger partial charge is 0.124 e. The van der Waals surface area contributed by atoms with Crippen LogP contribution in [0.1, 0.15) is 5.56 Å². The van der Waals surface area contributed by atoms with E-state index in [-0.39, 0.29) is 0 Å². The molecule has 0 atom stereocenters. The summed E-state index contributed by atoms with van der Waals surface area (Å²) in [5.41, 5.74) is 6.15. The fourth-order valence-corrected chi connectivity index (χ4v) is 4.73. The van der Waals surface area contributed by atoms with Gasteiger partial charge < -0.3 is 9.64 Å². The Morgan fingerprint density at radius 2 is 1.53 bits per heavy atom. The van der Waals surface area contributed by atoms with Crippen LogP contribution in [-0.4, -0.2) is 43.2 Å². The Morgan fingerprint density at radius 1 is 0.882 bits per heavy atom. The summed E-state index contributed by atoms with van der Waals surface area (Å²) < 4.78 is 5.23. The van der Waals surface area contributed by atoms with Crippen molar-refractivity contribution in [1.82, 2.24) is 4.98 Å². The van der Waals surface area contributed by atoms with E-state index in [4.69, 9.17) is 32.9 Å². The predicted molar refractivity (Wildman–Crippen MR) is 147 cm³/mol. The van der Waals surface area contributed by atoms with Crippen LogP contribution in [-0.2, 0) is 0 Å². The third kappa shape index (κ3) is 6.17. The van der Waals surface area contributed by atoms with Gasteiger partial charge in [0.15, 0.2) is 0 Å². The highest BCUT2D eigenvalue weighted by molar-refractivity contribution is 7.13. The Bertz CT molecular complexity index is 1200. The molecule has 0 spiro atoms. The molecule has 0 aliphatic rings. The molecule has 3 aromatic carbocycles. The average Bonchev–Trinajstić information content (AvgIpc) is 3.38. The molecule has 174 valence electrons. The molecule has 4 rings (SSSR count). The molecule has 0 fully saturated rings. The van der Waals surface area contributed by atoms with Crippen molar-refractivity contribution in [3.8, 4) is 27.6 Å². The summed E-state index contributed by atoms with van der Waals surface area (Å²) in [6.07, 6.45) is 1.87. The number of hydrogen-bond donors (Lipinski definition) is 0. The summed E-state index contributed by atoms with van der Waals surface area (Å²) in [6.45, 7) is 1.54. The Balaban J connectivity index is 1.41. The van der Waals surface area contributed by atoms with Gasteiger partial charge in [-0.15, -0.1) is 34.5 Å². The molecular formula is C27H25Cl2N3OS. The first-order valence-electron chi connectivity index (χ1n) is 10.9. The van der Waals surface area contributed by atoms with Gasteiger partial charge in [0, 0.05) is 53.3 Å². The third-order valence-corrected chi connectivity index (χ3v) is 6.56. The number of halogens is 2. The summed E-state index contributed by atoms with van der Waals surface area (Å²) in [5.74, 6) is 1.98. The number of thiazole rings is 1. The van der Waals surface area contributed by atoms with Gasteiger partial charge in [0.1, 0.15) is 10.8 Å². The highest BCUT2D eigenvalue weighted by atomic mass is 35.5. The van der Waals surface area contributed by atoms with Crippen LogP contribution >= 0.6 is 34.5 Å². The Kier molecular flexibility index (Phi) is 8.58. The zero-order valence-electron chi connectivity index (χ0n) is 18.8. The number of hydrogen-bond acceptors (Lipinski definition) is 5. The van der Waals surface area contributed by atoms with E-state index in [1.807, 2.05) is 42.6 Å². The Hall–Kier alpha value is -2.86. The maximum atomic E-state index is 5.91. The van der Waals surface area contributed by atoms with Crippen molar-refractivity contribution in [2.45, 2.75) is 0 Å². The molecule has 0 aliphatic carbocycles. The van der Waals surface area contributed by atoms with Crippen molar-refractivity contribution in [3.63, 3.8) is 0 Å². The number of aliphatic imine (C=N–C) groups is 1.